The van der Waals surface area contributed by atoms with E-state index in [4.69, 9.17) is 4.74 Å². The number of carbonyl (C=O) groups is 1. The molecule has 1 aliphatic rings. The van der Waals surface area contributed by atoms with Gasteiger partial charge >= 0.3 is 0 Å². The Kier molecular flexibility index (Phi) is 4.19. The third kappa shape index (κ3) is 2.64. The third-order valence-corrected chi connectivity index (χ3v) is 3.82. The lowest BCUT2D eigenvalue weighted by molar-refractivity contribution is -0.124. The second-order valence-electron chi connectivity index (χ2n) is 4.14. The molecule has 1 aromatic rings. The zero-order valence-electron chi connectivity index (χ0n) is 10.4. The van der Waals surface area contributed by atoms with Crippen LogP contribution in [-0.2, 0) is 9.53 Å². The monoisotopic (exact) mass is 313 g/mol. The SMILES string of the molecule is CNC(=O)C1COCCN1c1ccc(Br)c(C)n1. The number of hydrogen-bond donors (Lipinski definition) is 1. The molecule has 18 heavy (non-hydrogen) atoms. The van der Waals surface area contributed by atoms with Crippen molar-refractivity contribution in [1.82, 2.24) is 10.3 Å². The zero-order chi connectivity index (χ0) is 13.1. The Morgan fingerprint density at radius 2 is 2.39 bits per heavy atom. The van der Waals surface area contributed by atoms with E-state index in [0.717, 1.165) is 16.0 Å². The van der Waals surface area contributed by atoms with Crippen molar-refractivity contribution < 1.29 is 9.53 Å². The van der Waals surface area contributed by atoms with Gasteiger partial charge in [-0.25, -0.2) is 4.98 Å². The van der Waals surface area contributed by atoms with Gasteiger partial charge in [-0.05, 0) is 35.0 Å². The number of aromatic nitrogens is 1. The summed E-state index contributed by atoms with van der Waals surface area (Å²) in [5.41, 5.74) is 0.912. The summed E-state index contributed by atoms with van der Waals surface area (Å²) in [4.78, 5) is 18.3. The fraction of sp³-hybridized carbons (Fsp3) is 0.500. The van der Waals surface area contributed by atoms with Crippen molar-refractivity contribution in [2.75, 3.05) is 31.7 Å². The highest BCUT2D eigenvalue weighted by Gasteiger charge is 2.29. The molecule has 98 valence electrons. The van der Waals surface area contributed by atoms with Crippen LogP contribution in [0.1, 0.15) is 5.69 Å². The number of nitrogens with zero attached hydrogens (tertiary/aromatic N) is 2. The first-order valence-corrected chi connectivity index (χ1v) is 6.62. The van der Waals surface area contributed by atoms with Gasteiger partial charge in [0.15, 0.2) is 0 Å². The van der Waals surface area contributed by atoms with Crippen LogP contribution in [0.25, 0.3) is 0 Å². The summed E-state index contributed by atoms with van der Waals surface area (Å²) in [7, 11) is 1.63. The predicted molar refractivity (Wildman–Crippen MR) is 72.7 cm³/mol. The van der Waals surface area contributed by atoms with Gasteiger partial charge in [-0.15, -0.1) is 0 Å². The number of hydrogen-bond acceptors (Lipinski definition) is 4. The lowest BCUT2D eigenvalue weighted by Gasteiger charge is -2.35. The fourth-order valence-corrected chi connectivity index (χ4v) is 2.17. The number of pyridine rings is 1. The van der Waals surface area contributed by atoms with Gasteiger partial charge in [-0.1, -0.05) is 0 Å². The van der Waals surface area contributed by atoms with E-state index in [0.29, 0.717) is 19.8 Å². The summed E-state index contributed by atoms with van der Waals surface area (Å²) in [5.74, 6) is 0.768. The Bertz CT molecular complexity index is 453. The fourth-order valence-electron chi connectivity index (χ4n) is 1.95. The molecule has 1 aromatic heterocycles. The normalized spacial score (nSPS) is 19.7. The van der Waals surface area contributed by atoms with Crippen LogP contribution < -0.4 is 10.2 Å². The Labute approximate surface area is 115 Å². The van der Waals surface area contributed by atoms with Gasteiger partial charge in [0.1, 0.15) is 11.9 Å². The molecule has 1 fully saturated rings. The Morgan fingerprint density at radius 1 is 1.61 bits per heavy atom. The van der Waals surface area contributed by atoms with Crippen molar-refractivity contribution in [3.05, 3.63) is 22.3 Å². The number of amides is 1. The predicted octanol–water partition coefficient (Wildman–Crippen LogP) is 1.10. The number of likely N-dealkylation sites (N-methyl/N-ethyl adjacent to an activating group) is 1. The summed E-state index contributed by atoms with van der Waals surface area (Å²) in [6, 6.07) is 3.56. The van der Waals surface area contributed by atoms with E-state index in [1.807, 2.05) is 24.0 Å². The number of anilines is 1. The summed E-state index contributed by atoms with van der Waals surface area (Å²) >= 11 is 3.43. The number of ether oxygens (including phenoxy) is 1. The molecular weight excluding hydrogens is 298 g/mol. The number of aryl methyl sites for hydroxylation is 1. The van der Waals surface area contributed by atoms with E-state index in [1.54, 1.807) is 7.05 Å². The molecule has 0 radical (unpaired) electrons. The van der Waals surface area contributed by atoms with E-state index < -0.39 is 0 Å². The molecule has 0 aliphatic carbocycles. The first kappa shape index (κ1) is 13.3. The molecule has 0 aromatic carbocycles. The largest absolute Gasteiger partial charge is 0.377 e. The molecule has 1 amide bonds. The topological polar surface area (TPSA) is 54.5 Å². The van der Waals surface area contributed by atoms with Crippen molar-refractivity contribution in [1.29, 1.82) is 0 Å². The van der Waals surface area contributed by atoms with Crippen LogP contribution in [0.4, 0.5) is 5.82 Å². The Hall–Kier alpha value is -1.14. The van der Waals surface area contributed by atoms with E-state index in [-0.39, 0.29) is 11.9 Å². The van der Waals surface area contributed by atoms with Gasteiger partial charge in [-0.2, -0.15) is 0 Å². The van der Waals surface area contributed by atoms with Crippen molar-refractivity contribution >= 4 is 27.7 Å². The van der Waals surface area contributed by atoms with Gasteiger partial charge < -0.3 is 15.0 Å². The molecule has 0 spiro atoms. The molecule has 6 heteroatoms. The van der Waals surface area contributed by atoms with Crippen molar-refractivity contribution in [3.63, 3.8) is 0 Å². The highest BCUT2D eigenvalue weighted by atomic mass is 79.9. The van der Waals surface area contributed by atoms with Crippen LogP contribution in [0, 0.1) is 6.92 Å². The van der Waals surface area contributed by atoms with Crippen molar-refractivity contribution in [2.45, 2.75) is 13.0 Å². The average molecular weight is 314 g/mol. The van der Waals surface area contributed by atoms with Crippen molar-refractivity contribution in [3.8, 4) is 0 Å². The van der Waals surface area contributed by atoms with Crippen molar-refractivity contribution in [2.24, 2.45) is 0 Å². The maximum absolute atomic E-state index is 11.8. The number of halogens is 1. The lowest BCUT2D eigenvalue weighted by Crippen LogP contribution is -2.53. The quantitative estimate of drug-likeness (QED) is 0.888. The first-order valence-electron chi connectivity index (χ1n) is 5.82. The zero-order valence-corrected chi connectivity index (χ0v) is 12.0. The van der Waals surface area contributed by atoms with Crippen LogP contribution in [0.15, 0.2) is 16.6 Å². The number of carbonyl (C=O) groups excluding carboxylic acids is 1. The molecule has 0 bridgehead atoms. The van der Waals surface area contributed by atoms with Gasteiger partial charge in [0, 0.05) is 18.1 Å². The number of morpholine rings is 1. The number of rotatable bonds is 2. The maximum atomic E-state index is 11.8. The molecule has 1 saturated heterocycles. The van der Waals surface area contributed by atoms with Gasteiger partial charge in [0.2, 0.25) is 5.91 Å². The van der Waals surface area contributed by atoms with Gasteiger partial charge in [0.05, 0.1) is 18.9 Å². The smallest absolute Gasteiger partial charge is 0.244 e. The molecular formula is C12H16BrN3O2. The highest BCUT2D eigenvalue weighted by Crippen LogP contribution is 2.22. The minimum Gasteiger partial charge on any atom is -0.377 e. The van der Waals surface area contributed by atoms with Crippen LogP contribution in [-0.4, -0.2) is 43.7 Å². The second-order valence-corrected chi connectivity index (χ2v) is 4.99. The minimum atomic E-state index is -0.308. The van der Waals surface area contributed by atoms with E-state index in [9.17, 15) is 4.79 Å². The van der Waals surface area contributed by atoms with Crippen LogP contribution in [0.5, 0.6) is 0 Å². The van der Waals surface area contributed by atoms with E-state index in [2.05, 4.69) is 26.2 Å². The van der Waals surface area contributed by atoms with Crippen LogP contribution in [0.2, 0.25) is 0 Å². The Morgan fingerprint density at radius 3 is 3.06 bits per heavy atom. The lowest BCUT2D eigenvalue weighted by atomic mass is 10.2. The van der Waals surface area contributed by atoms with E-state index in [1.165, 1.54) is 0 Å². The molecule has 1 unspecified atom stereocenters. The first-order chi connectivity index (χ1) is 8.63. The standard InChI is InChI=1S/C12H16BrN3O2/c1-8-9(13)3-4-11(15-8)16-5-6-18-7-10(16)12(17)14-2/h3-4,10H,5-7H2,1-2H3,(H,14,17). The summed E-state index contributed by atoms with van der Waals surface area (Å²) in [5, 5.41) is 2.66. The van der Waals surface area contributed by atoms with E-state index >= 15 is 0 Å². The minimum absolute atomic E-state index is 0.0444. The van der Waals surface area contributed by atoms with Gasteiger partial charge in [-0.3, -0.25) is 4.79 Å². The summed E-state index contributed by atoms with van der Waals surface area (Å²) in [6.45, 7) is 3.62. The summed E-state index contributed by atoms with van der Waals surface area (Å²) in [6.07, 6.45) is 0. The highest BCUT2D eigenvalue weighted by molar-refractivity contribution is 9.10. The molecule has 1 atom stereocenters. The molecule has 5 nitrogen and oxygen atoms in total. The third-order valence-electron chi connectivity index (χ3n) is 2.98. The molecule has 1 aliphatic heterocycles. The second kappa shape index (κ2) is 5.67. The average Bonchev–Trinajstić information content (AvgIpc) is 2.41. The Balaban J connectivity index is 2.27. The molecule has 2 rings (SSSR count). The molecule has 0 saturated carbocycles. The number of nitrogens with one attached hydrogen (secondary N) is 1. The molecule has 1 N–H and O–H groups in total. The van der Waals surface area contributed by atoms with Crippen LogP contribution >= 0.6 is 15.9 Å². The summed E-state index contributed by atoms with van der Waals surface area (Å²) < 4.78 is 6.34. The van der Waals surface area contributed by atoms with Crippen LogP contribution in [0.3, 0.4) is 0 Å². The maximum Gasteiger partial charge on any atom is 0.244 e. The van der Waals surface area contributed by atoms with Gasteiger partial charge in [0.25, 0.3) is 0 Å². The molecule has 2 heterocycles.